The molecule has 4 aliphatic carbocycles. The lowest BCUT2D eigenvalue weighted by Gasteiger charge is -2.59. The van der Waals surface area contributed by atoms with E-state index in [1.807, 2.05) is 14.0 Å². The van der Waals surface area contributed by atoms with E-state index in [0.29, 0.717) is 5.82 Å². The van der Waals surface area contributed by atoms with E-state index in [0.717, 1.165) is 17.8 Å². The lowest BCUT2D eigenvalue weighted by atomic mass is 9.48. The number of aryl methyl sites for hydroxylation is 2. The maximum atomic E-state index is 12.7. The van der Waals surface area contributed by atoms with Crippen LogP contribution in [-0.2, 0) is 17.1 Å². The third-order valence-electron chi connectivity index (χ3n) is 6.70. The molecule has 6 heteroatoms. The van der Waals surface area contributed by atoms with Crippen LogP contribution in [0.5, 0.6) is 0 Å². The maximum absolute atomic E-state index is 12.7. The first-order valence-corrected chi connectivity index (χ1v) is 10.3. The summed E-state index contributed by atoms with van der Waals surface area (Å²) in [5, 5.41) is 0.147. The number of rotatable bonds is 4. The van der Waals surface area contributed by atoms with Crippen molar-refractivity contribution in [3.05, 3.63) is 12.0 Å². The topological polar surface area (TPSA) is 64.0 Å². The molecule has 0 spiro atoms. The molecule has 0 saturated heterocycles. The van der Waals surface area contributed by atoms with Crippen molar-refractivity contribution in [2.45, 2.75) is 63.4 Å². The molecule has 5 nitrogen and oxygen atoms in total. The Balaban J connectivity index is 1.56. The number of aromatic nitrogens is 2. The third-order valence-corrected chi connectivity index (χ3v) is 8.11. The van der Waals surface area contributed by atoms with Crippen molar-refractivity contribution >= 4 is 10.0 Å². The fourth-order valence-corrected chi connectivity index (χ4v) is 7.17. The van der Waals surface area contributed by atoms with Gasteiger partial charge in [0.2, 0.25) is 0 Å². The van der Waals surface area contributed by atoms with Crippen LogP contribution in [0.2, 0.25) is 0 Å². The van der Waals surface area contributed by atoms with E-state index < -0.39 is 10.0 Å². The summed E-state index contributed by atoms with van der Waals surface area (Å²) in [4.78, 5) is 4.19. The Morgan fingerprint density at radius 1 is 1.22 bits per heavy atom. The predicted molar refractivity (Wildman–Crippen MR) is 88.3 cm³/mol. The van der Waals surface area contributed by atoms with Crippen molar-refractivity contribution in [2.24, 2.45) is 30.2 Å². The highest BCUT2D eigenvalue weighted by Gasteiger charge is 2.53. The van der Waals surface area contributed by atoms with Crippen LogP contribution in [0.3, 0.4) is 0 Å². The Labute approximate surface area is 138 Å². The molecule has 4 bridgehead atoms. The van der Waals surface area contributed by atoms with Crippen LogP contribution >= 0.6 is 0 Å². The second-order valence-electron chi connectivity index (χ2n) is 8.36. The van der Waals surface area contributed by atoms with Gasteiger partial charge >= 0.3 is 0 Å². The largest absolute Gasteiger partial charge is 0.337 e. The minimum Gasteiger partial charge on any atom is -0.337 e. The van der Waals surface area contributed by atoms with E-state index >= 15 is 0 Å². The number of hydrogen-bond donors (Lipinski definition) is 1. The lowest BCUT2D eigenvalue weighted by molar-refractivity contribution is -0.0666. The molecule has 0 amide bonds. The number of imidazole rings is 1. The molecule has 23 heavy (non-hydrogen) atoms. The summed E-state index contributed by atoms with van der Waals surface area (Å²) in [5.41, 5.74) is 0.172. The summed E-state index contributed by atoms with van der Waals surface area (Å²) in [5.74, 6) is 3.19. The van der Waals surface area contributed by atoms with Gasteiger partial charge in [0.05, 0.1) is 0 Å². The monoisotopic (exact) mass is 337 g/mol. The van der Waals surface area contributed by atoms with Crippen LogP contribution in [0.15, 0.2) is 11.2 Å². The van der Waals surface area contributed by atoms with Crippen LogP contribution < -0.4 is 4.72 Å². The van der Waals surface area contributed by atoms with Crippen molar-refractivity contribution in [3.8, 4) is 0 Å². The summed E-state index contributed by atoms with van der Waals surface area (Å²) >= 11 is 0. The van der Waals surface area contributed by atoms with Gasteiger partial charge in [-0.05, 0) is 75.5 Å². The number of nitrogens with one attached hydrogen (secondary N) is 1. The minimum absolute atomic E-state index is 0.0109. The maximum Gasteiger partial charge on any atom is 0.259 e. The van der Waals surface area contributed by atoms with Crippen LogP contribution in [0.25, 0.3) is 0 Å². The summed E-state index contributed by atoms with van der Waals surface area (Å²) in [6, 6.07) is -0.0109. The first-order valence-electron chi connectivity index (χ1n) is 8.80. The van der Waals surface area contributed by atoms with Crippen LogP contribution in [0.4, 0.5) is 0 Å². The normalized spacial score (nSPS) is 37.3. The average Bonchev–Trinajstić information content (AvgIpc) is 2.77. The summed E-state index contributed by atoms with van der Waals surface area (Å²) in [6.07, 6.45) is 9.32. The Morgan fingerprint density at radius 3 is 2.17 bits per heavy atom. The van der Waals surface area contributed by atoms with E-state index in [4.69, 9.17) is 0 Å². The van der Waals surface area contributed by atoms with Gasteiger partial charge in [0.1, 0.15) is 5.82 Å². The van der Waals surface area contributed by atoms with Crippen LogP contribution in [0, 0.1) is 30.1 Å². The van der Waals surface area contributed by atoms with Gasteiger partial charge in [0.25, 0.3) is 10.0 Å². The second kappa shape index (κ2) is 5.06. The highest BCUT2D eigenvalue weighted by Crippen LogP contribution is 2.61. The highest BCUT2D eigenvalue weighted by molar-refractivity contribution is 7.89. The highest BCUT2D eigenvalue weighted by atomic mass is 32.2. The smallest absolute Gasteiger partial charge is 0.259 e. The van der Waals surface area contributed by atoms with Gasteiger partial charge in [-0.3, -0.25) is 0 Å². The molecule has 4 saturated carbocycles. The summed E-state index contributed by atoms with van der Waals surface area (Å²) in [7, 11) is -1.71. The van der Waals surface area contributed by atoms with Gasteiger partial charge < -0.3 is 4.57 Å². The van der Waals surface area contributed by atoms with Crippen molar-refractivity contribution in [3.63, 3.8) is 0 Å². The van der Waals surface area contributed by atoms with E-state index in [1.54, 1.807) is 10.8 Å². The molecule has 0 aromatic carbocycles. The fraction of sp³-hybridized carbons (Fsp3) is 0.824. The Kier molecular flexibility index (Phi) is 3.44. The molecule has 1 unspecified atom stereocenters. The molecule has 1 aromatic rings. The lowest BCUT2D eigenvalue weighted by Crippen LogP contribution is -2.55. The Morgan fingerprint density at radius 2 is 1.74 bits per heavy atom. The average molecular weight is 337 g/mol. The molecule has 0 radical (unpaired) electrons. The first-order chi connectivity index (χ1) is 10.8. The quantitative estimate of drug-likeness (QED) is 0.918. The molecule has 5 rings (SSSR count). The fourth-order valence-electron chi connectivity index (χ4n) is 5.78. The van der Waals surface area contributed by atoms with Gasteiger partial charge in [0.15, 0.2) is 5.03 Å². The molecule has 4 aliphatic rings. The number of sulfonamides is 1. The first kappa shape index (κ1) is 15.6. The Hall–Kier alpha value is -0.880. The predicted octanol–water partition coefficient (Wildman–Crippen LogP) is 2.61. The molecule has 1 aromatic heterocycles. The second-order valence-corrected chi connectivity index (χ2v) is 10.0. The number of nitrogens with zero attached hydrogens (tertiary/aromatic N) is 2. The zero-order valence-electron chi connectivity index (χ0n) is 14.2. The molecule has 1 N–H and O–H groups in total. The van der Waals surface area contributed by atoms with Gasteiger partial charge in [-0.1, -0.05) is 0 Å². The van der Waals surface area contributed by atoms with Crippen molar-refractivity contribution in [1.82, 2.24) is 14.3 Å². The zero-order chi connectivity index (χ0) is 16.4. The zero-order valence-corrected chi connectivity index (χ0v) is 15.1. The molecule has 4 fully saturated rings. The van der Waals surface area contributed by atoms with Crippen LogP contribution in [-0.4, -0.2) is 24.0 Å². The molecule has 1 atom stereocenters. The number of hydrogen-bond acceptors (Lipinski definition) is 3. The summed E-state index contributed by atoms with van der Waals surface area (Å²) in [6.45, 7) is 3.89. The SMILES string of the molecule is Cc1nc(S(=O)(=O)NC(C)C23CC4CC(CC(C4)C2)C3)cn1C. The minimum atomic E-state index is -3.54. The summed E-state index contributed by atoms with van der Waals surface area (Å²) < 4.78 is 30.1. The van der Waals surface area contributed by atoms with Crippen molar-refractivity contribution in [2.75, 3.05) is 0 Å². The molecular weight excluding hydrogens is 310 g/mol. The third kappa shape index (κ3) is 2.54. The molecule has 0 aliphatic heterocycles. The van der Waals surface area contributed by atoms with Gasteiger partial charge in [-0.15, -0.1) is 0 Å². The van der Waals surface area contributed by atoms with Crippen LogP contribution in [0.1, 0.15) is 51.3 Å². The van der Waals surface area contributed by atoms with E-state index in [1.165, 1.54) is 38.5 Å². The van der Waals surface area contributed by atoms with Gasteiger partial charge in [0, 0.05) is 19.3 Å². The molecular formula is C17H27N3O2S. The molecule has 1 heterocycles. The van der Waals surface area contributed by atoms with Gasteiger partial charge in [-0.25, -0.2) is 18.1 Å². The van der Waals surface area contributed by atoms with E-state index in [9.17, 15) is 8.42 Å². The van der Waals surface area contributed by atoms with Crippen molar-refractivity contribution in [1.29, 1.82) is 0 Å². The van der Waals surface area contributed by atoms with E-state index in [2.05, 4.69) is 16.6 Å². The molecule has 128 valence electrons. The Bertz CT molecular complexity index is 667. The van der Waals surface area contributed by atoms with Gasteiger partial charge in [-0.2, -0.15) is 0 Å². The van der Waals surface area contributed by atoms with E-state index in [-0.39, 0.29) is 16.5 Å². The van der Waals surface area contributed by atoms with Crippen molar-refractivity contribution < 1.29 is 8.42 Å². The standard InChI is InChI=1S/C17H27N3O2S/c1-11(19-23(21,22)16-10-20(3)12(2)18-16)17-7-13-4-14(8-17)6-15(5-13)9-17/h10-11,13-15,19H,4-9H2,1-3H3.